The summed E-state index contributed by atoms with van der Waals surface area (Å²) in [5, 5.41) is 0. The number of hydrogen-bond donors (Lipinski definition) is 1. The van der Waals surface area contributed by atoms with Gasteiger partial charge in [0.15, 0.2) is 0 Å². The van der Waals surface area contributed by atoms with E-state index < -0.39 is 0 Å². The number of piperidine rings is 1. The van der Waals surface area contributed by atoms with Gasteiger partial charge in [0.25, 0.3) is 0 Å². The molecule has 1 saturated heterocycles. The molecule has 1 heterocycles. The van der Waals surface area contributed by atoms with Crippen LogP contribution in [0.5, 0.6) is 5.75 Å². The van der Waals surface area contributed by atoms with E-state index in [1.165, 1.54) is 0 Å². The van der Waals surface area contributed by atoms with Crippen molar-refractivity contribution in [1.29, 1.82) is 0 Å². The molecule has 0 aliphatic carbocycles. The predicted molar refractivity (Wildman–Crippen MR) is 119 cm³/mol. The van der Waals surface area contributed by atoms with E-state index in [1.807, 2.05) is 48.2 Å². The van der Waals surface area contributed by atoms with Crippen LogP contribution in [0.3, 0.4) is 0 Å². The number of carbonyl (C=O) groups is 2. The number of Topliss-reactive ketones (excluding diaryl/α,β-unsaturated/α-hetero) is 1. The van der Waals surface area contributed by atoms with Crippen molar-refractivity contribution in [1.82, 2.24) is 4.90 Å². The second kappa shape index (κ2) is 10.3. The molecule has 1 aliphatic heterocycles. The van der Waals surface area contributed by atoms with E-state index in [-0.39, 0.29) is 24.2 Å². The molecule has 1 fully saturated rings. The van der Waals surface area contributed by atoms with Crippen LogP contribution in [-0.2, 0) is 16.0 Å². The number of likely N-dealkylation sites (tertiary alicyclic amines) is 1. The van der Waals surface area contributed by atoms with Gasteiger partial charge in [-0.3, -0.25) is 9.59 Å². The number of carbonyl (C=O) groups excluding carboxylic acids is 2. The van der Waals surface area contributed by atoms with Gasteiger partial charge in [0.05, 0.1) is 13.2 Å². The van der Waals surface area contributed by atoms with E-state index in [0.29, 0.717) is 19.3 Å². The fourth-order valence-corrected chi connectivity index (χ4v) is 4.25. The number of ether oxygens (including phenoxy) is 1. The van der Waals surface area contributed by atoms with Crippen LogP contribution in [-0.4, -0.2) is 30.2 Å². The fraction of sp³-hybridized carbons (Fsp3) is 0.440. The van der Waals surface area contributed by atoms with Crippen LogP contribution in [0, 0.1) is 6.92 Å². The lowest BCUT2D eigenvalue weighted by molar-refractivity contribution is -0.136. The molecule has 0 saturated carbocycles. The summed E-state index contributed by atoms with van der Waals surface area (Å²) in [5.74, 6) is 1.05. The average molecular weight is 409 g/mol. The number of nitrogen functional groups attached to an aromatic ring is 1. The number of hydrogen-bond acceptors (Lipinski definition) is 4. The second-order valence-corrected chi connectivity index (χ2v) is 8.08. The first-order chi connectivity index (χ1) is 14.5. The number of rotatable bonds is 8. The van der Waals surface area contributed by atoms with Crippen LogP contribution in [0.15, 0.2) is 42.5 Å². The van der Waals surface area contributed by atoms with E-state index >= 15 is 0 Å². The van der Waals surface area contributed by atoms with Crippen LogP contribution in [0.25, 0.3) is 0 Å². The molecule has 3 rings (SSSR count). The maximum atomic E-state index is 13.0. The molecular weight excluding hydrogens is 376 g/mol. The molecule has 0 spiro atoms. The highest BCUT2D eigenvalue weighted by atomic mass is 16.5. The standard InChI is InChI=1S/C25H32N2O3/c1-18-6-5-7-22(25(18)30-2)23-8-3-4-17-27(23)24(29)16-15-21(28)14-11-19-9-12-20(26)13-10-19/h5-7,9-10,12-13,23H,3-4,8,11,14-17,26H2,1-2H3. The van der Waals surface area contributed by atoms with Gasteiger partial charge in [0, 0.05) is 37.1 Å². The maximum absolute atomic E-state index is 13.0. The van der Waals surface area contributed by atoms with Crippen molar-refractivity contribution in [3.8, 4) is 5.75 Å². The molecule has 5 nitrogen and oxygen atoms in total. The molecule has 2 aromatic carbocycles. The number of nitrogens with two attached hydrogens (primary N) is 1. The van der Waals surface area contributed by atoms with Crippen LogP contribution in [0.4, 0.5) is 5.69 Å². The molecular formula is C25H32N2O3. The van der Waals surface area contributed by atoms with Crippen LogP contribution < -0.4 is 10.5 Å². The Labute approximate surface area is 179 Å². The van der Waals surface area contributed by atoms with Gasteiger partial charge in [-0.25, -0.2) is 0 Å². The zero-order valence-corrected chi connectivity index (χ0v) is 18.0. The van der Waals surface area contributed by atoms with Gasteiger partial charge in [-0.1, -0.05) is 30.3 Å². The van der Waals surface area contributed by atoms with Gasteiger partial charge in [0.1, 0.15) is 11.5 Å². The summed E-state index contributed by atoms with van der Waals surface area (Å²) >= 11 is 0. The Kier molecular flexibility index (Phi) is 7.50. The Morgan fingerprint density at radius 1 is 1.07 bits per heavy atom. The molecule has 1 unspecified atom stereocenters. The van der Waals surface area contributed by atoms with Gasteiger partial charge in [0.2, 0.25) is 5.91 Å². The number of aryl methyl sites for hydroxylation is 2. The molecule has 2 aromatic rings. The first-order valence-corrected chi connectivity index (χ1v) is 10.8. The third-order valence-corrected chi connectivity index (χ3v) is 5.92. The van der Waals surface area contributed by atoms with Crippen molar-refractivity contribution >= 4 is 17.4 Å². The minimum Gasteiger partial charge on any atom is -0.496 e. The van der Waals surface area contributed by atoms with E-state index in [9.17, 15) is 9.59 Å². The van der Waals surface area contributed by atoms with Crippen molar-refractivity contribution < 1.29 is 14.3 Å². The van der Waals surface area contributed by atoms with Crippen LogP contribution in [0.2, 0.25) is 0 Å². The van der Waals surface area contributed by atoms with Crippen molar-refractivity contribution in [2.24, 2.45) is 0 Å². The van der Waals surface area contributed by atoms with Gasteiger partial charge >= 0.3 is 0 Å². The van der Waals surface area contributed by atoms with E-state index in [2.05, 4.69) is 6.07 Å². The Morgan fingerprint density at radius 3 is 2.57 bits per heavy atom. The summed E-state index contributed by atoms with van der Waals surface area (Å²) in [6.07, 6.45) is 4.71. The number of benzene rings is 2. The van der Waals surface area contributed by atoms with Gasteiger partial charge in [-0.15, -0.1) is 0 Å². The molecule has 1 atom stereocenters. The van der Waals surface area contributed by atoms with Crippen molar-refractivity contribution in [3.63, 3.8) is 0 Å². The molecule has 0 radical (unpaired) electrons. The summed E-state index contributed by atoms with van der Waals surface area (Å²) in [6, 6.07) is 13.7. The third kappa shape index (κ3) is 5.41. The van der Waals surface area contributed by atoms with Crippen LogP contribution >= 0.6 is 0 Å². The molecule has 30 heavy (non-hydrogen) atoms. The highest BCUT2D eigenvalue weighted by Crippen LogP contribution is 2.38. The second-order valence-electron chi connectivity index (χ2n) is 8.08. The molecule has 0 bridgehead atoms. The first kappa shape index (κ1) is 21.9. The highest BCUT2D eigenvalue weighted by Gasteiger charge is 2.30. The lowest BCUT2D eigenvalue weighted by Crippen LogP contribution is -2.38. The van der Waals surface area contributed by atoms with Crippen LogP contribution in [0.1, 0.15) is 61.3 Å². The molecule has 1 aliphatic rings. The number of amides is 1. The predicted octanol–water partition coefficient (Wildman–Crippen LogP) is 4.62. The highest BCUT2D eigenvalue weighted by molar-refractivity contribution is 5.85. The lowest BCUT2D eigenvalue weighted by atomic mass is 9.92. The largest absolute Gasteiger partial charge is 0.496 e. The fourth-order valence-electron chi connectivity index (χ4n) is 4.25. The third-order valence-electron chi connectivity index (χ3n) is 5.92. The SMILES string of the molecule is COc1c(C)cccc1C1CCCCN1C(=O)CCC(=O)CCc1ccc(N)cc1. The average Bonchev–Trinajstić information content (AvgIpc) is 2.77. The Hall–Kier alpha value is -2.82. The molecule has 2 N–H and O–H groups in total. The summed E-state index contributed by atoms with van der Waals surface area (Å²) in [6.45, 7) is 2.76. The van der Waals surface area contributed by atoms with Gasteiger partial charge < -0.3 is 15.4 Å². The summed E-state index contributed by atoms with van der Waals surface area (Å²) < 4.78 is 5.64. The zero-order chi connectivity index (χ0) is 21.5. The maximum Gasteiger partial charge on any atom is 0.223 e. The number of para-hydroxylation sites is 1. The first-order valence-electron chi connectivity index (χ1n) is 10.8. The van der Waals surface area contributed by atoms with Gasteiger partial charge in [-0.2, -0.15) is 0 Å². The Balaban J connectivity index is 1.58. The quantitative estimate of drug-likeness (QED) is 0.647. The van der Waals surface area contributed by atoms with Crippen molar-refractivity contribution in [3.05, 3.63) is 59.2 Å². The lowest BCUT2D eigenvalue weighted by Gasteiger charge is -2.37. The molecule has 160 valence electrons. The summed E-state index contributed by atoms with van der Waals surface area (Å²) in [4.78, 5) is 27.3. The molecule has 1 amide bonds. The smallest absolute Gasteiger partial charge is 0.223 e. The Morgan fingerprint density at radius 2 is 1.83 bits per heavy atom. The van der Waals surface area contributed by atoms with Crippen molar-refractivity contribution in [2.75, 3.05) is 19.4 Å². The normalized spacial score (nSPS) is 16.3. The summed E-state index contributed by atoms with van der Waals surface area (Å²) in [7, 11) is 1.68. The number of ketones is 1. The molecule has 0 aromatic heterocycles. The zero-order valence-electron chi connectivity index (χ0n) is 18.0. The van der Waals surface area contributed by atoms with Gasteiger partial charge in [-0.05, 0) is 55.9 Å². The number of anilines is 1. The van der Waals surface area contributed by atoms with E-state index in [0.717, 1.165) is 53.9 Å². The van der Waals surface area contributed by atoms with Crippen molar-refractivity contribution in [2.45, 2.75) is 57.9 Å². The minimum absolute atomic E-state index is 0.0194. The monoisotopic (exact) mass is 408 g/mol. The van der Waals surface area contributed by atoms with E-state index in [1.54, 1.807) is 7.11 Å². The summed E-state index contributed by atoms with van der Waals surface area (Å²) in [5.41, 5.74) is 9.65. The molecule has 5 heteroatoms. The topological polar surface area (TPSA) is 72.6 Å². The van der Waals surface area contributed by atoms with E-state index in [4.69, 9.17) is 10.5 Å². The Bertz CT molecular complexity index is 876. The minimum atomic E-state index is 0.0194. The number of methoxy groups -OCH3 is 1. The number of nitrogens with zero attached hydrogens (tertiary/aromatic N) is 1.